The van der Waals surface area contributed by atoms with Gasteiger partial charge >= 0.3 is 0 Å². The molecule has 0 spiro atoms. The van der Waals surface area contributed by atoms with Crippen molar-refractivity contribution in [2.75, 3.05) is 31.6 Å². The van der Waals surface area contributed by atoms with E-state index in [1.165, 1.54) is 42.3 Å². The van der Waals surface area contributed by atoms with Crippen LogP contribution in [0.4, 0.5) is 11.4 Å². The molecule has 2 fully saturated rings. The number of carbonyl (C=O) groups is 1. The Morgan fingerprint density at radius 1 is 1.05 bits per heavy atom. The van der Waals surface area contributed by atoms with E-state index in [1.807, 2.05) is 43.3 Å². The lowest BCUT2D eigenvalue weighted by Crippen LogP contribution is -2.29. The number of hydrogen-bond acceptors (Lipinski definition) is 6. The van der Waals surface area contributed by atoms with Gasteiger partial charge in [-0.1, -0.05) is 29.8 Å². The monoisotopic (exact) mass is 667 g/mol. The zero-order valence-corrected chi connectivity index (χ0v) is 26.1. The van der Waals surface area contributed by atoms with Gasteiger partial charge in [-0.05, 0) is 121 Å². The molecule has 2 saturated heterocycles. The molecule has 6 nitrogen and oxygen atoms in total. The molecular formula is C32H34IN3O3S. The summed E-state index contributed by atoms with van der Waals surface area (Å²) in [5, 5.41) is 0.698. The molecule has 2 aliphatic heterocycles. The number of hydrogen-bond donors (Lipinski definition) is 0. The number of aryl methyl sites for hydroxylation is 1. The van der Waals surface area contributed by atoms with Gasteiger partial charge in [0.15, 0.2) is 16.7 Å². The number of piperidine rings is 1. The van der Waals surface area contributed by atoms with Gasteiger partial charge in [-0.2, -0.15) is 0 Å². The molecule has 0 radical (unpaired) electrons. The predicted molar refractivity (Wildman–Crippen MR) is 174 cm³/mol. The molecule has 40 heavy (non-hydrogen) atoms. The minimum Gasteiger partial charge on any atom is -0.493 e. The number of anilines is 1. The normalized spacial score (nSPS) is 17.6. The smallest absolute Gasteiger partial charge is 0.266 e. The fraction of sp³-hybridized carbons (Fsp3) is 0.312. The summed E-state index contributed by atoms with van der Waals surface area (Å²) in [6.07, 6.45) is 5.72. The van der Waals surface area contributed by atoms with Crippen molar-refractivity contribution in [3.63, 3.8) is 0 Å². The van der Waals surface area contributed by atoms with Gasteiger partial charge < -0.3 is 14.4 Å². The molecule has 3 aromatic carbocycles. The first-order chi connectivity index (χ1) is 19.4. The predicted octanol–water partition coefficient (Wildman–Crippen LogP) is 7.80. The Morgan fingerprint density at radius 3 is 2.52 bits per heavy atom. The first-order valence-corrected chi connectivity index (χ1v) is 15.6. The van der Waals surface area contributed by atoms with Crippen LogP contribution in [0.5, 0.6) is 11.5 Å². The third kappa shape index (κ3) is 6.66. The zero-order valence-electron chi connectivity index (χ0n) is 23.2. The average Bonchev–Trinajstić information content (AvgIpc) is 3.26. The summed E-state index contributed by atoms with van der Waals surface area (Å²) in [5.74, 6) is 1.30. The third-order valence-corrected chi connectivity index (χ3v) is 8.82. The van der Waals surface area contributed by atoms with Gasteiger partial charge in [0.05, 0.1) is 21.3 Å². The molecule has 0 aliphatic carbocycles. The van der Waals surface area contributed by atoms with Gasteiger partial charge in [-0.3, -0.25) is 9.69 Å². The number of thioether (sulfide) groups is 1. The average molecular weight is 668 g/mol. The molecule has 0 N–H and O–H groups in total. The summed E-state index contributed by atoms with van der Waals surface area (Å²) in [6, 6.07) is 20.6. The minimum absolute atomic E-state index is 0.0371. The number of methoxy groups -OCH3 is 1. The van der Waals surface area contributed by atoms with E-state index in [0.29, 0.717) is 34.7 Å². The van der Waals surface area contributed by atoms with Crippen LogP contribution in [0.1, 0.15) is 42.9 Å². The van der Waals surface area contributed by atoms with Gasteiger partial charge in [-0.25, -0.2) is 4.99 Å². The molecule has 0 saturated carbocycles. The van der Waals surface area contributed by atoms with Crippen molar-refractivity contribution in [3.8, 4) is 11.5 Å². The van der Waals surface area contributed by atoms with Crippen LogP contribution in [0.3, 0.4) is 0 Å². The molecule has 0 bridgehead atoms. The summed E-state index contributed by atoms with van der Waals surface area (Å²) in [4.78, 5) is 22.9. The molecule has 208 valence electrons. The number of likely N-dealkylation sites (N-methyl/N-ethyl adjacent to an activating group) is 1. The van der Waals surface area contributed by atoms with Gasteiger partial charge in [0.2, 0.25) is 0 Å². The number of rotatable bonds is 8. The highest BCUT2D eigenvalue weighted by atomic mass is 127. The summed E-state index contributed by atoms with van der Waals surface area (Å²) >= 11 is 3.67. The Bertz CT molecular complexity index is 1430. The van der Waals surface area contributed by atoms with Crippen LogP contribution in [0.25, 0.3) is 6.08 Å². The second kappa shape index (κ2) is 13.1. The van der Waals surface area contributed by atoms with E-state index >= 15 is 0 Å². The van der Waals surface area contributed by atoms with Crippen LogP contribution in [-0.4, -0.2) is 42.7 Å². The van der Waals surface area contributed by atoms with Gasteiger partial charge in [-0.15, -0.1) is 0 Å². The molecule has 2 aliphatic rings. The van der Waals surface area contributed by atoms with Gasteiger partial charge in [0, 0.05) is 25.3 Å². The molecule has 5 rings (SSSR count). The van der Waals surface area contributed by atoms with Gasteiger partial charge in [0.1, 0.15) is 6.61 Å². The van der Waals surface area contributed by atoms with E-state index in [9.17, 15) is 4.79 Å². The third-order valence-electron chi connectivity index (χ3n) is 7.02. The molecule has 0 unspecified atom stereocenters. The largest absolute Gasteiger partial charge is 0.493 e. The fourth-order valence-electron chi connectivity index (χ4n) is 4.94. The Hall–Kier alpha value is -2.98. The number of aliphatic imine (C=N–C) groups is 1. The van der Waals surface area contributed by atoms with Crippen LogP contribution >= 0.6 is 34.4 Å². The number of carbonyl (C=O) groups excluding carboxylic acids is 1. The van der Waals surface area contributed by atoms with Crippen molar-refractivity contribution in [1.29, 1.82) is 0 Å². The molecule has 8 heteroatoms. The summed E-state index contributed by atoms with van der Waals surface area (Å²) < 4.78 is 12.8. The first kappa shape index (κ1) is 28.5. The van der Waals surface area contributed by atoms with Crippen molar-refractivity contribution in [2.45, 2.75) is 39.7 Å². The molecule has 1 amide bonds. The Morgan fingerprint density at radius 2 is 1.82 bits per heavy atom. The summed E-state index contributed by atoms with van der Waals surface area (Å²) in [6.45, 7) is 7.27. The van der Waals surface area contributed by atoms with Crippen LogP contribution in [0.2, 0.25) is 0 Å². The SMILES string of the molecule is CCN1C(=O)/C(=C/c2cc(I)c(OCc3cccc(C)c3)c(OC)c2)SC1=Nc1ccc(N2CCCCC2)cc1. The Kier molecular flexibility index (Phi) is 9.36. The first-order valence-electron chi connectivity index (χ1n) is 13.7. The fourth-order valence-corrected chi connectivity index (χ4v) is 6.79. The summed E-state index contributed by atoms with van der Waals surface area (Å²) in [7, 11) is 1.64. The number of halogens is 1. The lowest BCUT2D eigenvalue weighted by Gasteiger charge is -2.28. The topological polar surface area (TPSA) is 54.4 Å². The van der Waals surface area contributed by atoms with E-state index in [-0.39, 0.29) is 5.91 Å². The van der Waals surface area contributed by atoms with Gasteiger partial charge in [0.25, 0.3) is 5.91 Å². The highest BCUT2D eigenvalue weighted by molar-refractivity contribution is 14.1. The van der Waals surface area contributed by atoms with Crippen LogP contribution < -0.4 is 14.4 Å². The maximum absolute atomic E-state index is 13.3. The van der Waals surface area contributed by atoms with Crippen LogP contribution in [-0.2, 0) is 11.4 Å². The number of benzene rings is 3. The van der Waals surface area contributed by atoms with Crippen molar-refractivity contribution >= 4 is 62.9 Å². The number of nitrogens with zero attached hydrogens (tertiary/aromatic N) is 3. The van der Waals surface area contributed by atoms with Crippen molar-refractivity contribution in [3.05, 3.63) is 85.8 Å². The molecule has 0 atom stereocenters. The van der Waals surface area contributed by atoms with E-state index in [0.717, 1.165) is 33.5 Å². The Labute approximate surface area is 254 Å². The zero-order chi connectivity index (χ0) is 28.1. The quantitative estimate of drug-likeness (QED) is 0.181. The lowest BCUT2D eigenvalue weighted by molar-refractivity contribution is -0.122. The maximum Gasteiger partial charge on any atom is 0.266 e. The second-order valence-electron chi connectivity index (χ2n) is 9.93. The summed E-state index contributed by atoms with van der Waals surface area (Å²) in [5.41, 5.74) is 5.26. The molecule has 3 aromatic rings. The maximum atomic E-state index is 13.3. The Balaban J connectivity index is 1.34. The second-order valence-corrected chi connectivity index (χ2v) is 12.1. The van der Waals surface area contributed by atoms with Crippen molar-refractivity contribution in [1.82, 2.24) is 4.90 Å². The molecule has 2 heterocycles. The van der Waals surface area contributed by atoms with Crippen LogP contribution in [0, 0.1) is 10.5 Å². The van der Waals surface area contributed by atoms with Crippen LogP contribution in [0.15, 0.2) is 70.6 Å². The van der Waals surface area contributed by atoms with Crippen molar-refractivity contribution < 1.29 is 14.3 Å². The van der Waals surface area contributed by atoms with E-state index in [4.69, 9.17) is 14.5 Å². The minimum atomic E-state index is -0.0371. The molecular weight excluding hydrogens is 633 g/mol. The number of ether oxygens (including phenoxy) is 2. The van der Waals surface area contributed by atoms with E-state index in [1.54, 1.807) is 12.0 Å². The van der Waals surface area contributed by atoms with E-state index < -0.39 is 0 Å². The molecule has 0 aromatic heterocycles. The highest BCUT2D eigenvalue weighted by Gasteiger charge is 2.32. The number of amides is 1. The van der Waals surface area contributed by atoms with E-state index in [2.05, 4.69) is 64.7 Å². The lowest BCUT2D eigenvalue weighted by atomic mass is 10.1. The number of amidine groups is 1. The highest BCUT2D eigenvalue weighted by Crippen LogP contribution is 2.38. The standard InChI is InChI=1S/C32H34IN3O3S/c1-4-36-31(37)29(40-32(36)34-25-11-13-26(14-12-25)35-15-6-5-7-16-35)20-24-18-27(33)30(28(19-24)38-3)39-21-23-10-8-9-22(2)17-23/h8-14,17-20H,4-7,15-16,21H2,1-3H3/b29-20-,34-32?. The van der Waals surface area contributed by atoms with Crippen molar-refractivity contribution in [2.24, 2.45) is 4.99 Å².